The molecule has 0 radical (unpaired) electrons. The van der Waals surface area contributed by atoms with Crippen LogP contribution in [0.4, 0.5) is 0 Å². The predicted molar refractivity (Wildman–Crippen MR) is 155 cm³/mol. The van der Waals surface area contributed by atoms with E-state index < -0.39 is 35.3 Å². The smallest absolute Gasteiger partial charge is 0.356 e. The van der Waals surface area contributed by atoms with Crippen molar-refractivity contribution in [2.45, 2.75) is 23.9 Å². The van der Waals surface area contributed by atoms with Gasteiger partial charge < -0.3 is 10.1 Å². The summed E-state index contributed by atoms with van der Waals surface area (Å²) >= 11 is 5.66. The first-order chi connectivity index (χ1) is 19.5. The monoisotopic (exact) mass is 638 g/mol. The topological polar surface area (TPSA) is 119 Å². The van der Waals surface area contributed by atoms with E-state index in [9.17, 15) is 19.2 Å². The Hall–Kier alpha value is -3.61. The molecular weight excluding hydrogens is 616 g/mol. The molecule has 1 N–H and O–H groups in total. The van der Waals surface area contributed by atoms with E-state index in [0.29, 0.717) is 17.0 Å². The lowest BCUT2D eigenvalue weighted by atomic mass is 10.0. The van der Waals surface area contributed by atoms with Gasteiger partial charge in [0.1, 0.15) is 17.1 Å². The fourth-order valence-corrected chi connectivity index (χ4v) is 6.33. The van der Waals surface area contributed by atoms with Crippen molar-refractivity contribution in [3.63, 3.8) is 0 Å². The quantitative estimate of drug-likeness (QED) is 0.154. The molecule has 2 atom stereocenters. The minimum Gasteiger partial charge on any atom is -0.448 e. The van der Waals surface area contributed by atoms with Gasteiger partial charge >= 0.3 is 5.97 Å². The second-order valence-electron chi connectivity index (χ2n) is 8.95. The molecule has 9 nitrogen and oxygen atoms in total. The molecule has 1 aromatic heterocycles. The van der Waals surface area contributed by atoms with Crippen LogP contribution in [-0.4, -0.2) is 60.6 Å². The number of allylic oxidation sites excluding steroid dienone is 1. The third-order valence-corrected chi connectivity index (χ3v) is 8.73. The van der Waals surface area contributed by atoms with Crippen molar-refractivity contribution < 1.29 is 23.9 Å². The number of carbonyl (C=O) groups excluding carboxylic acids is 4. The number of thioether (sulfide) groups is 1. The first-order valence-corrected chi connectivity index (χ1v) is 15.3. The zero-order valence-corrected chi connectivity index (χ0v) is 24.2. The van der Waals surface area contributed by atoms with E-state index in [-0.39, 0.29) is 23.2 Å². The second kappa shape index (κ2) is 12.7. The molecule has 3 aromatic rings. The number of rotatable bonds is 10. The summed E-state index contributed by atoms with van der Waals surface area (Å²) in [6, 6.07) is 17.9. The average Bonchev–Trinajstić information content (AvgIpc) is 3.51. The van der Waals surface area contributed by atoms with Gasteiger partial charge in [-0.05, 0) is 34.3 Å². The molecular formula is C28H23BrN4O5S2. The van der Waals surface area contributed by atoms with Gasteiger partial charge in [0.05, 0.1) is 17.4 Å². The number of aromatic nitrogens is 2. The maximum Gasteiger partial charge on any atom is 0.356 e. The number of hydrogen-bond acceptors (Lipinski definition) is 9. The summed E-state index contributed by atoms with van der Waals surface area (Å²) in [4.78, 5) is 52.6. The summed E-state index contributed by atoms with van der Waals surface area (Å²) in [5.41, 5.74) is 2.90. The lowest BCUT2D eigenvalue weighted by Gasteiger charge is -2.49. The van der Waals surface area contributed by atoms with Crippen molar-refractivity contribution in [2.75, 3.05) is 11.1 Å². The van der Waals surface area contributed by atoms with Gasteiger partial charge in [0, 0.05) is 11.1 Å². The van der Waals surface area contributed by atoms with Crippen LogP contribution in [0, 0.1) is 0 Å². The fourth-order valence-electron chi connectivity index (χ4n) is 4.39. The largest absolute Gasteiger partial charge is 0.448 e. The Morgan fingerprint density at radius 3 is 2.35 bits per heavy atom. The van der Waals surface area contributed by atoms with Crippen LogP contribution in [0.25, 0.3) is 6.08 Å². The number of Topliss-reactive ketones (excluding diaryl/α,β-unsaturated/α-hetero) is 1. The highest BCUT2D eigenvalue weighted by Gasteiger charge is 2.54. The third-order valence-electron chi connectivity index (χ3n) is 6.28. The number of amides is 2. The van der Waals surface area contributed by atoms with Crippen molar-refractivity contribution in [1.29, 1.82) is 0 Å². The molecule has 2 aromatic carbocycles. The van der Waals surface area contributed by atoms with Crippen molar-refractivity contribution in [1.82, 2.24) is 19.8 Å². The SMILES string of the molecule is O=C(CBr)CC(=O)NC1C(=O)N2C(C(=O)OC(c3ccccc3)c3ccccc3)=C(/C=C\c3csnn3)CS[C@@H]12. The number of fused-ring (bicyclic) bond motifs is 1. The number of nitrogens with one attached hydrogen (secondary N) is 1. The average molecular weight is 640 g/mol. The molecule has 2 aliphatic rings. The van der Waals surface area contributed by atoms with E-state index in [1.54, 1.807) is 17.5 Å². The number of nitrogens with zero attached hydrogens (tertiary/aromatic N) is 3. The predicted octanol–water partition coefficient (Wildman–Crippen LogP) is 3.89. The van der Waals surface area contributed by atoms with Gasteiger partial charge in [0.15, 0.2) is 11.9 Å². The number of halogens is 1. The molecule has 1 unspecified atom stereocenters. The number of alkyl halides is 1. The zero-order valence-electron chi connectivity index (χ0n) is 20.9. The van der Waals surface area contributed by atoms with Crippen LogP contribution in [0.3, 0.4) is 0 Å². The minimum atomic E-state index is -0.851. The number of carbonyl (C=O) groups is 4. The van der Waals surface area contributed by atoms with Crippen LogP contribution in [0.15, 0.2) is 83.4 Å². The highest BCUT2D eigenvalue weighted by molar-refractivity contribution is 9.09. The van der Waals surface area contributed by atoms with Crippen LogP contribution < -0.4 is 5.32 Å². The van der Waals surface area contributed by atoms with Crippen LogP contribution in [0.1, 0.15) is 29.3 Å². The van der Waals surface area contributed by atoms with E-state index in [1.807, 2.05) is 60.7 Å². The van der Waals surface area contributed by atoms with Gasteiger partial charge in [0.2, 0.25) is 5.91 Å². The first-order valence-electron chi connectivity index (χ1n) is 12.3. The molecule has 2 amide bonds. The van der Waals surface area contributed by atoms with Crippen molar-refractivity contribution >= 4 is 68.9 Å². The van der Waals surface area contributed by atoms with Gasteiger partial charge in [-0.2, -0.15) is 0 Å². The lowest BCUT2D eigenvalue weighted by Crippen LogP contribution is -2.70. The summed E-state index contributed by atoms with van der Waals surface area (Å²) in [6.07, 6.45) is 2.44. The maximum absolute atomic E-state index is 13.9. The highest BCUT2D eigenvalue weighted by atomic mass is 79.9. The number of benzene rings is 2. The van der Waals surface area contributed by atoms with Gasteiger partial charge in [-0.15, -0.1) is 16.9 Å². The van der Waals surface area contributed by atoms with Crippen molar-refractivity contribution in [3.8, 4) is 0 Å². The standard InChI is InChI=1S/C28H23BrN4O5S2/c29-14-21(34)13-22(35)30-23-26(36)33-24(19(15-39-27(23)33)11-12-20-16-40-32-31-20)28(37)38-25(17-7-3-1-4-8-17)18-9-5-2-6-10-18/h1-12,16,23,25,27H,13-15H2,(H,30,35)/b12-11-/t23?,27-/m0/s1. The minimum absolute atomic E-state index is 0.0518. The number of esters is 1. The summed E-state index contributed by atoms with van der Waals surface area (Å²) in [5, 5.41) is 7.97. The lowest BCUT2D eigenvalue weighted by molar-refractivity contribution is -0.154. The van der Waals surface area contributed by atoms with Crippen molar-refractivity contribution in [3.05, 3.63) is 100 Å². The molecule has 1 fully saturated rings. The molecule has 204 valence electrons. The van der Waals surface area contributed by atoms with Gasteiger partial charge in [-0.3, -0.25) is 19.3 Å². The fraction of sp³-hybridized carbons (Fsp3) is 0.214. The molecule has 12 heteroatoms. The van der Waals surface area contributed by atoms with E-state index in [0.717, 1.165) is 11.1 Å². The summed E-state index contributed by atoms with van der Waals surface area (Å²) in [6.45, 7) is 0. The highest BCUT2D eigenvalue weighted by Crippen LogP contribution is 2.42. The molecule has 5 rings (SSSR count). The first kappa shape index (κ1) is 27.9. The van der Waals surface area contributed by atoms with Gasteiger partial charge in [0.25, 0.3) is 5.91 Å². The molecule has 0 saturated carbocycles. The Kier molecular flexibility index (Phi) is 8.88. The van der Waals surface area contributed by atoms with E-state index in [1.165, 1.54) is 28.2 Å². The Bertz CT molecular complexity index is 1420. The van der Waals surface area contributed by atoms with Crippen molar-refractivity contribution in [2.24, 2.45) is 0 Å². The van der Waals surface area contributed by atoms with E-state index in [2.05, 4.69) is 30.8 Å². The third kappa shape index (κ3) is 6.08. The van der Waals surface area contributed by atoms with E-state index in [4.69, 9.17) is 4.74 Å². The summed E-state index contributed by atoms with van der Waals surface area (Å²) in [7, 11) is 0. The van der Waals surface area contributed by atoms with Gasteiger partial charge in [-0.1, -0.05) is 87.2 Å². The number of β-lactam (4-membered cyclic amide) rings is 1. The van der Waals surface area contributed by atoms with E-state index >= 15 is 0 Å². The zero-order chi connectivity index (χ0) is 28.1. The van der Waals surface area contributed by atoms with Crippen LogP contribution in [-0.2, 0) is 23.9 Å². The number of hydrogen-bond donors (Lipinski definition) is 1. The molecule has 1 saturated heterocycles. The second-order valence-corrected chi connectivity index (χ2v) is 11.2. The van der Waals surface area contributed by atoms with Crippen LogP contribution in [0.5, 0.6) is 0 Å². The maximum atomic E-state index is 13.9. The van der Waals surface area contributed by atoms with Crippen LogP contribution in [0.2, 0.25) is 0 Å². The van der Waals surface area contributed by atoms with Gasteiger partial charge in [-0.25, -0.2) is 4.79 Å². The normalized spacial score (nSPS) is 18.4. The Morgan fingerprint density at radius 2 is 1.75 bits per heavy atom. The molecule has 0 spiro atoms. The number of ketones is 1. The summed E-state index contributed by atoms with van der Waals surface area (Å²) < 4.78 is 9.97. The Balaban J connectivity index is 1.45. The Morgan fingerprint density at radius 1 is 1.07 bits per heavy atom. The summed E-state index contributed by atoms with van der Waals surface area (Å²) in [5.74, 6) is -1.54. The molecule has 0 aliphatic carbocycles. The molecule has 40 heavy (non-hydrogen) atoms. The molecule has 0 bridgehead atoms. The Labute approximate surface area is 247 Å². The number of ether oxygens (including phenoxy) is 1. The molecule has 3 heterocycles. The van der Waals surface area contributed by atoms with Crippen LogP contribution >= 0.6 is 39.2 Å². The molecule has 2 aliphatic heterocycles.